The molecule has 1 aromatic carbocycles. The Hall–Kier alpha value is -2.61. The number of aryl methyl sites for hydroxylation is 1. The van der Waals surface area contributed by atoms with E-state index >= 15 is 0 Å². The van der Waals surface area contributed by atoms with Crippen LogP contribution in [0.15, 0.2) is 58.3 Å². The van der Waals surface area contributed by atoms with Gasteiger partial charge >= 0.3 is 0 Å². The Morgan fingerprint density at radius 1 is 1.23 bits per heavy atom. The highest BCUT2D eigenvalue weighted by Crippen LogP contribution is 2.18. The van der Waals surface area contributed by atoms with Crippen molar-refractivity contribution in [1.82, 2.24) is 14.9 Å². The molecule has 0 spiro atoms. The maximum Gasteiger partial charge on any atom is 0.266 e. The fourth-order valence-corrected chi connectivity index (χ4v) is 3.25. The van der Waals surface area contributed by atoms with Crippen molar-refractivity contribution in [3.8, 4) is 0 Å². The Morgan fingerprint density at radius 3 is 2.68 bits per heavy atom. The van der Waals surface area contributed by atoms with Gasteiger partial charge in [0.05, 0.1) is 12.2 Å². The first-order valence-corrected chi connectivity index (χ1v) is 8.04. The maximum atomic E-state index is 12.3. The van der Waals surface area contributed by atoms with Crippen molar-refractivity contribution in [3.63, 3.8) is 0 Å². The fraction of sp³-hybridized carbons (Fsp3) is 0.143. The average Bonchev–Trinajstić information content (AvgIpc) is 3.09. The van der Waals surface area contributed by atoms with E-state index in [0.717, 1.165) is 5.56 Å². The van der Waals surface area contributed by atoms with Crippen molar-refractivity contribution in [3.05, 3.63) is 60.1 Å². The summed E-state index contributed by atoms with van der Waals surface area (Å²) in [5.74, 6) is 0.134. The van der Waals surface area contributed by atoms with Gasteiger partial charge < -0.3 is 4.52 Å². The van der Waals surface area contributed by atoms with E-state index < -0.39 is 10.0 Å². The largest absolute Gasteiger partial charge is 0.363 e. The molecule has 0 unspecified atom stereocenters. The summed E-state index contributed by atoms with van der Waals surface area (Å²) in [7, 11) is -3.74. The summed E-state index contributed by atoms with van der Waals surface area (Å²) in [6, 6.07) is 11.1. The topological polar surface area (TPSA) is 90.0 Å². The highest BCUT2D eigenvalue weighted by atomic mass is 32.2. The zero-order chi connectivity index (χ0) is 15.6. The van der Waals surface area contributed by atoms with Gasteiger partial charge in [-0.05, 0) is 12.5 Å². The molecule has 0 amide bonds. The van der Waals surface area contributed by atoms with Gasteiger partial charge in [0.2, 0.25) is 0 Å². The highest BCUT2D eigenvalue weighted by Gasteiger charge is 2.21. The molecular weight excluding hydrogens is 304 g/mol. The summed E-state index contributed by atoms with van der Waals surface area (Å²) >= 11 is 0. The van der Waals surface area contributed by atoms with Gasteiger partial charge in [0.15, 0.2) is 5.82 Å². The average molecular weight is 318 g/mol. The van der Waals surface area contributed by atoms with E-state index in [1.165, 1.54) is 18.5 Å². The minimum Gasteiger partial charge on any atom is -0.363 e. The quantitative estimate of drug-likeness (QED) is 0.777. The van der Waals surface area contributed by atoms with E-state index in [0.29, 0.717) is 12.2 Å². The summed E-state index contributed by atoms with van der Waals surface area (Å²) < 4.78 is 33.2. The number of nitrogens with zero attached hydrogens (tertiary/aromatic N) is 3. The second-order valence-electron chi connectivity index (χ2n) is 4.75. The molecule has 0 radical (unpaired) electrons. The molecule has 22 heavy (non-hydrogen) atoms. The molecule has 1 N–H and O–H groups in total. The van der Waals surface area contributed by atoms with Crippen molar-refractivity contribution in [2.45, 2.75) is 18.4 Å². The number of hydrogen-bond acceptors (Lipinski definition) is 5. The number of anilines is 1. The lowest BCUT2D eigenvalue weighted by Gasteiger charge is -2.02. The number of aromatic nitrogens is 3. The molecule has 0 saturated heterocycles. The van der Waals surface area contributed by atoms with Crippen LogP contribution in [0.25, 0.3) is 0 Å². The van der Waals surface area contributed by atoms with Crippen LogP contribution in [0.1, 0.15) is 11.3 Å². The van der Waals surface area contributed by atoms with E-state index in [1.807, 2.05) is 30.3 Å². The fourth-order valence-electron chi connectivity index (χ4n) is 2.07. The predicted molar refractivity (Wildman–Crippen MR) is 79.8 cm³/mol. The summed E-state index contributed by atoms with van der Waals surface area (Å²) in [6.45, 7) is 2.15. The van der Waals surface area contributed by atoms with Gasteiger partial charge in [-0.2, -0.15) is 5.10 Å². The number of sulfonamides is 1. The van der Waals surface area contributed by atoms with Crippen molar-refractivity contribution >= 4 is 15.8 Å². The molecule has 2 heterocycles. The summed E-state index contributed by atoms with van der Waals surface area (Å²) in [6.07, 6.45) is 2.80. The van der Waals surface area contributed by atoms with Crippen LogP contribution in [0.5, 0.6) is 0 Å². The SMILES string of the molecule is Cc1nn(Cc2ccccc2)cc1S(=O)(=O)Nc1ccon1. The first-order valence-electron chi connectivity index (χ1n) is 6.56. The smallest absolute Gasteiger partial charge is 0.266 e. The van der Waals surface area contributed by atoms with Gasteiger partial charge in [0, 0.05) is 12.3 Å². The molecule has 0 aliphatic heterocycles. The van der Waals surface area contributed by atoms with Crippen LogP contribution in [-0.2, 0) is 16.6 Å². The normalized spacial score (nSPS) is 11.5. The third kappa shape index (κ3) is 3.01. The molecular formula is C14H14N4O3S. The van der Waals surface area contributed by atoms with Crippen LogP contribution < -0.4 is 4.72 Å². The molecule has 3 rings (SSSR count). The van der Waals surface area contributed by atoms with Crippen molar-refractivity contribution < 1.29 is 12.9 Å². The van der Waals surface area contributed by atoms with Gasteiger partial charge in [0.1, 0.15) is 11.2 Å². The van der Waals surface area contributed by atoms with Crippen molar-refractivity contribution in [1.29, 1.82) is 0 Å². The van der Waals surface area contributed by atoms with Gasteiger partial charge in [-0.15, -0.1) is 0 Å². The molecule has 0 bridgehead atoms. The number of nitrogens with one attached hydrogen (secondary N) is 1. The molecule has 0 aliphatic carbocycles. The lowest BCUT2D eigenvalue weighted by Crippen LogP contribution is -2.13. The predicted octanol–water partition coefficient (Wildman–Crippen LogP) is 2.03. The molecule has 0 fully saturated rings. The minimum atomic E-state index is -3.74. The Labute approximate surface area is 127 Å². The zero-order valence-corrected chi connectivity index (χ0v) is 12.6. The molecule has 0 aliphatic rings. The van der Waals surface area contributed by atoms with Crippen LogP contribution in [0, 0.1) is 6.92 Å². The molecule has 114 valence electrons. The summed E-state index contributed by atoms with van der Waals surface area (Å²) in [5.41, 5.74) is 1.46. The second-order valence-corrected chi connectivity index (χ2v) is 6.40. The monoisotopic (exact) mass is 318 g/mol. The lowest BCUT2D eigenvalue weighted by atomic mass is 10.2. The van der Waals surface area contributed by atoms with E-state index in [1.54, 1.807) is 11.6 Å². The molecule has 0 atom stereocenters. The first kappa shape index (κ1) is 14.3. The maximum absolute atomic E-state index is 12.3. The van der Waals surface area contributed by atoms with E-state index in [2.05, 4.69) is 19.5 Å². The third-order valence-corrected chi connectivity index (χ3v) is 4.51. The number of benzene rings is 1. The highest BCUT2D eigenvalue weighted by molar-refractivity contribution is 7.92. The molecule has 0 saturated carbocycles. The van der Waals surface area contributed by atoms with Crippen molar-refractivity contribution in [2.75, 3.05) is 4.72 Å². The summed E-state index contributed by atoms with van der Waals surface area (Å²) in [4.78, 5) is 0.117. The lowest BCUT2D eigenvalue weighted by molar-refractivity contribution is 0.423. The number of rotatable bonds is 5. The van der Waals surface area contributed by atoms with Crippen LogP contribution in [-0.4, -0.2) is 23.4 Å². The Bertz CT molecular complexity index is 855. The second kappa shape index (κ2) is 5.64. The minimum absolute atomic E-state index is 0.117. The van der Waals surface area contributed by atoms with E-state index in [4.69, 9.17) is 0 Å². The first-order chi connectivity index (χ1) is 10.5. The van der Waals surface area contributed by atoms with Gasteiger partial charge in [0.25, 0.3) is 10.0 Å². The van der Waals surface area contributed by atoms with E-state index in [9.17, 15) is 8.42 Å². The van der Waals surface area contributed by atoms with Gasteiger partial charge in [-0.1, -0.05) is 35.5 Å². The van der Waals surface area contributed by atoms with Crippen molar-refractivity contribution in [2.24, 2.45) is 0 Å². The van der Waals surface area contributed by atoms with Gasteiger partial charge in [-0.25, -0.2) is 8.42 Å². The molecule has 2 aromatic heterocycles. The Kier molecular flexibility index (Phi) is 3.68. The molecule has 8 heteroatoms. The third-order valence-electron chi connectivity index (χ3n) is 3.05. The molecule has 3 aromatic rings. The van der Waals surface area contributed by atoms with E-state index in [-0.39, 0.29) is 10.7 Å². The zero-order valence-electron chi connectivity index (χ0n) is 11.8. The van der Waals surface area contributed by atoms with Crippen LogP contribution in [0.3, 0.4) is 0 Å². The Morgan fingerprint density at radius 2 is 2.00 bits per heavy atom. The van der Waals surface area contributed by atoms with Crippen LogP contribution in [0.4, 0.5) is 5.82 Å². The van der Waals surface area contributed by atoms with Crippen LogP contribution >= 0.6 is 0 Å². The van der Waals surface area contributed by atoms with Gasteiger partial charge in [-0.3, -0.25) is 9.40 Å². The summed E-state index contributed by atoms with van der Waals surface area (Å²) in [5, 5.41) is 7.79. The standard InChI is InChI=1S/C14H14N4O3S/c1-11-13(22(19,20)17-14-7-8-21-16-14)10-18(15-11)9-12-5-3-2-4-6-12/h2-8,10H,9H2,1H3,(H,16,17). The Balaban J connectivity index is 1.86. The number of hydrogen-bond donors (Lipinski definition) is 1. The van der Waals surface area contributed by atoms with Crippen LogP contribution in [0.2, 0.25) is 0 Å². The molecule has 7 nitrogen and oxygen atoms in total.